The fourth-order valence-corrected chi connectivity index (χ4v) is 4.12. The van der Waals surface area contributed by atoms with Crippen molar-refractivity contribution in [1.29, 1.82) is 0 Å². The molecular weight excluding hydrogens is 408 g/mol. The van der Waals surface area contributed by atoms with Gasteiger partial charge in [-0.05, 0) is 30.7 Å². The smallest absolute Gasteiger partial charge is 0.230 e. The van der Waals surface area contributed by atoms with Crippen LogP contribution in [0.1, 0.15) is 27.9 Å². The summed E-state index contributed by atoms with van der Waals surface area (Å²) in [7, 11) is 0. The molecule has 2 heterocycles. The SMILES string of the molecule is CC(=O)c1sc(N=Nc2c(O)n(Cc3ccccc3)c3ccc(Cl)cc23)nc1C. The Morgan fingerprint density at radius 2 is 1.97 bits per heavy atom. The standard InChI is InChI=1S/C21H17ClN4O2S/c1-12-19(13(2)27)29-21(23-12)25-24-18-16-10-15(22)8-9-17(16)26(20(18)28)11-14-6-4-3-5-7-14/h3-10,28H,11H2,1-2H3. The van der Waals surface area contributed by atoms with Crippen molar-refractivity contribution in [2.75, 3.05) is 0 Å². The molecule has 0 fully saturated rings. The van der Waals surface area contributed by atoms with Crippen molar-refractivity contribution in [2.24, 2.45) is 10.2 Å². The average molecular weight is 425 g/mol. The molecule has 0 spiro atoms. The number of halogens is 1. The monoisotopic (exact) mass is 424 g/mol. The number of carbonyl (C=O) groups is 1. The minimum Gasteiger partial charge on any atom is -0.493 e. The molecule has 6 nitrogen and oxygen atoms in total. The van der Waals surface area contributed by atoms with Crippen LogP contribution in [-0.4, -0.2) is 20.4 Å². The number of thiazole rings is 1. The summed E-state index contributed by atoms with van der Waals surface area (Å²) in [6.07, 6.45) is 0. The number of azo groups is 1. The zero-order valence-electron chi connectivity index (χ0n) is 15.8. The molecule has 4 aromatic rings. The zero-order valence-corrected chi connectivity index (χ0v) is 17.3. The van der Waals surface area contributed by atoms with E-state index in [1.165, 1.54) is 18.3 Å². The Bertz CT molecular complexity index is 1240. The molecule has 0 atom stereocenters. The molecule has 4 rings (SSSR count). The Kier molecular flexibility index (Phi) is 5.17. The van der Waals surface area contributed by atoms with Crippen molar-refractivity contribution in [3.05, 3.63) is 69.7 Å². The summed E-state index contributed by atoms with van der Waals surface area (Å²) >= 11 is 7.35. The van der Waals surface area contributed by atoms with Crippen LogP contribution >= 0.6 is 22.9 Å². The number of benzene rings is 2. The molecule has 0 amide bonds. The normalized spacial score (nSPS) is 11.6. The van der Waals surface area contributed by atoms with Gasteiger partial charge in [-0.15, -0.1) is 10.2 Å². The van der Waals surface area contributed by atoms with Gasteiger partial charge in [0.05, 0.1) is 22.6 Å². The van der Waals surface area contributed by atoms with Gasteiger partial charge in [0, 0.05) is 17.3 Å². The molecule has 0 saturated carbocycles. The lowest BCUT2D eigenvalue weighted by molar-refractivity contribution is 0.102. The van der Waals surface area contributed by atoms with Gasteiger partial charge in [-0.1, -0.05) is 53.3 Å². The molecule has 0 unspecified atom stereocenters. The van der Waals surface area contributed by atoms with Crippen LogP contribution in [0.15, 0.2) is 58.8 Å². The van der Waals surface area contributed by atoms with E-state index >= 15 is 0 Å². The third-order valence-electron chi connectivity index (χ3n) is 4.50. The molecule has 0 aliphatic heterocycles. The number of ketones is 1. The molecule has 146 valence electrons. The van der Waals surface area contributed by atoms with E-state index in [2.05, 4.69) is 15.2 Å². The number of rotatable bonds is 5. The van der Waals surface area contributed by atoms with Gasteiger partial charge < -0.3 is 9.67 Å². The molecule has 2 aromatic heterocycles. The number of aromatic nitrogens is 2. The van der Waals surface area contributed by atoms with E-state index in [0.29, 0.717) is 38.3 Å². The van der Waals surface area contributed by atoms with Gasteiger partial charge in [0.1, 0.15) is 0 Å². The summed E-state index contributed by atoms with van der Waals surface area (Å²) in [5.41, 5.74) is 2.77. The maximum Gasteiger partial charge on any atom is 0.230 e. The van der Waals surface area contributed by atoms with Crippen LogP contribution in [0.3, 0.4) is 0 Å². The fraction of sp³-hybridized carbons (Fsp3) is 0.143. The van der Waals surface area contributed by atoms with E-state index in [1.54, 1.807) is 23.6 Å². The van der Waals surface area contributed by atoms with Crippen LogP contribution in [0.25, 0.3) is 10.9 Å². The summed E-state index contributed by atoms with van der Waals surface area (Å²) in [6, 6.07) is 15.2. The molecule has 0 aliphatic rings. The molecule has 0 aliphatic carbocycles. The second kappa shape index (κ2) is 7.77. The first-order chi connectivity index (χ1) is 13.9. The first kappa shape index (κ1) is 19.3. The minimum absolute atomic E-state index is 0.00469. The summed E-state index contributed by atoms with van der Waals surface area (Å²) < 4.78 is 1.77. The molecule has 1 N–H and O–H groups in total. The molecule has 29 heavy (non-hydrogen) atoms. The molecule has 8 heteroatoms. The van der Waals surface area contributed by atoms with E-state index in [0.717, 1.165) is 11.1 Å². The van der Waals surface area contributed by atoms with Gasteiger partial charge >= 0.3 is 0 Å². The van der Waals surface area contributed by atoms with Crippen LogP contribution in [-0.2, 0) is 6.54 Å². The number of Topliss-reactive ketones (excluding diaryl/α,β-unsaturated/α-hetero) is 1. The summed E-state index contributed by atoms with van der Waals surface area (Å²) in [5, 5.41) is 20.9. The Balaban J connectivity index is 1.79. The van der Waals surface area contributed by atoms with E-state index in [4.69, 9.17) is 11.6 Å². The van der Waals surface area contributed by atoms with Gasteiger partial charge in [-0.2, -0.15) is 0 Å². The van der Waals surface area contributed by atoms with Gasteiger partial charge in [-0.25, -0.2) is 4.98 Å². The highest BCUT2D eigenvalue weighted by Gasteiger charge is 2.18. The topological polar surface area (TPSA) is 79.8 Å². The Labute approximate surface area is 176 Å². The van der Waals surface area contributed by atoms with E-state index in [1.807, 2.05) is 36.4 Å². The first-order valence-electron chi connectivity index (χ1n) is 8.89. The Hall–Kier alpha value is -3.03. The number of aromatic hydroxyl groups is 1. The van der Waals surface area contributed by atoms with Crippen LogP contribution in [0, 0.1) is 6.92 Å². The number of hydrogen-bond acceptors (Lipinski definition) is 6. The zero-order chi connectivity index (χ0) is 20.5. The van der Waals surface area contributed by atoms with Crippen molar-refractivity contribution in [1.82, 2.24) is 9.55 Å². The lowest BCUT2D eigenvalue weighted by Crippen LogP contribution is -1.98. The maximum absolute atomic E-state index is 11.6. The van der Waals surface area contributed by atoms with Gasteiger partial charge in [0.15, 0.2) is 11.5 Å². The third-order valence-corrected chi connectivity index (χ3v) is 5.87. The molecular formula is C21H17ClN4O2S. The maximum atomic E-state index is 11.6. The summed E-state index contributed by atoms with van der Waals surface area (Å²) in [5.74, 6) is -0.0644. The summed E-state index contributed by atoms with van der Waals surface area (Å²) in [4.78, 5) is 16.5. The number of carbonyl (C=O) groups excluding carboxylic acids is 1. The Morgan fingerprint density at radius 1 is 1.21 bits per heavy atom. The van der Waals surface area contributed by atoms with Crippen LogP contribution in [0.5, 0.6) is 5.88 Å². The van der Waals surface area contributed by atoms with Crippen molar-refractivity contribution in [3.63, 3.8) is 0 Å². The van der Waals surface area contributed by atoms with Crippen molar-refractivity contribution < 1.29 is 9.90 Å². The molecule has 2 aromatic carbocycles. The fourth-order valence-electron chi connectivity index (χ4n) is 3.16. The minimum atomic E-state index is -0.0597. The summed E-state index contributed by atoms with van der Waals surface area (Å²) in [6.45, 7) is 3.73. The van der Waals surface area contributed by atoms with Crippen molar-refractivity contribution >= 4 is 50.4 Å². The highest BCUT2D eigenvalue weighted by molar-refractivity contribution is 7.17. The first-order valence-corrected chi connectivity index (χ1v) is 10.1. The predicted octanol–water partition coefficient (Wildman–Crippen LogP) is 6.43. The number of nitrogens with zero attached hydrogens (tertiary/aromatic N) is 4. The predicted molar refractivity (Wildman–Crippen MR) is 115 cm³/mol. The second-order valence-corrected chi connectivity index (χ2v) is 7.99. The van der Waals surface area contributed by atoms with Gasteiger partial charge in [0.25, 0.3) is 0 Å². The lowest BCUT2D eigenvalue weighted by Gasteiger charge is -2.07. The molecule has 0 saturated heterocycles. The van der Waals surface area contributed by atoms with Gasteiger partial charge in [0.2, 0.25) is 11.0 Å². The highest BCUT2D eigenvalue weighted by Crippen LogP contribution is 2.41. The molecule has 0 radical (unpaired) electrons. The van der Waals surface area contributed by atoms with Crippen LogP contribution < -0.4 is 0 Å². The average Bonchev–Trinajstić information content (AvgIpc) is 3.19. The van der Waals surface area contributed by atoms with Crippen LogP contribution in [0.4, 0.5) is 10.8 Å². The van der Waals surface area contributed by atoms with E-state index in [9.17, 15) is 9.90 Å². The van der Waals surface area contributed by atoms with Crippen LogP contribution in [0.2, 0.25) is 5.02 Å². The van der Waals surface area contributed by atoms with Crippen molar-refractivity contribution in [2.45, 2.75) is 20.4 Å². The quantitative estimate of drug-likeness (QED) is 0.296. The lowest BCUT2D eigenvalue weighted by atomic mass is 10.2. The van der Waals surface area contributed by atoms with Gasteiger partial charge in [-0.3, -0.25) is 4.79 Å². The van der Waals surface area contributed by atoms with E-state index in [-0.39, 0.29) is 11.7 Å². The molecule has 0 bridgehead atoms. The third kappa shape index (κ3) is 3.79. The Morgan fingerprint density at radius 3 is 2.66 bits per heavy atom. The number of aryl methyl sites for hydroxylation is 1. The van der Waals surface area contributed by atoms with Crippen molar-refractivity contribution in [3.8, 4) is 5.88 Å². The van der Waals surface area contributed by atoms with E-state index < -0.39 is 0 Å². The second-order valence-electron chi connectivity index (χ2n) is 6.57. The number of hydrogen-bond donors (Lipinski definition) is 1. The largest absolute Gasteiger partial charge is 0.493 e. The highest BCUT2D eigenvalue weighted by atomic mass is 35.5. The number of fused-ring (bicyclic) bond motifs is 1.